The minimum Gasteiger partial charge on any atom is -0.356 e. The van der Waals surface area contributed by atoms with E-state index in [1.165, 1.54) is 0 Å². The van der Waals surface area contributed by atoms with Crippen molar-refractivity contribution in [3.63, 3.8) is 0 Å². The van der Waals surface area contributed by atoms with Crippen molar-refractivity contribution in [1.29, 1.82) is 5.26 Å². The van der Waals surface area contributed by atoms with E-state index in [0.29, 0.717) is 18.0 Å². The molecule has 1 fully saturated rings. The second kappa shape index (κ2) is 8.45. The zero-order valence-electron chi connectivity index (χ0n) is 13.9. The van der Waals surface area contributed by atoms with Gasteiger partial charge in [-0.1, -0.05) is 6.07 Å². The lowest BCUT2D eigenvalue weighted by Gasteiger charge is -2.33. The van der Waals surface area contributed by atoms with Crippen molar-refractivity contribution in [3.8, 4) is 6.07 Å². The largest absolute Gasteiger partial charge is 0.356 e. The molecule has 25 heavy (non-hydrogen) atoms. The first-order chi connectivity index (χ1) is 12.3. The average molecular weight is 352 g/mol. The second-order valence-electron chi connectivity index (χ2n) is 6.01. The lowest BCUT2D eigenvalue weighted by molar-refractivity contribution is -0.116. The molecule has 0 spiro atoms. The van der Waals surface area contributed by atoms with Gasteiger partial charge < -0.3 is 10.2 Å². The molecule has 3 rings (SSSR count). The summed E-state index contributed by atoms with van der Waals surface area (Å²) < 4.78 is 0. The summed E-state index contributed by atoms with van der Waals surface area (Å²) in [5.41, 5.74) is 0.618. The first-order valence-corrected chi connectivity index (χ1v) is 9.23. The van der Waals surface area contributed by atoms with Gasteiger partial charge in [0, 0.05) is 36.8 Å². The van der Waals surface area contributed by atoms with Gasteiger partial charge in [-0.25, -0.2) is 4.98 Å². The van der Waals surface area contributed by atoms with Crippen molar-refractivity contribution in [3.05, 3.63) is 52.4 Å². The fraction of sp³-hybridized carbons (Fsp3) is 0.316. The Kier molecular flexibility index (Phi) is 5.81. The van der Waals surface area contributed by atoms with E-state index >= 15 is 0 Å². The summed E-state index contributed by atoms with van der Waals surface area (Å²) in [7, 11) is 0. The Morgan fingerprint density at radius 1 is 1.40 bits per heavy atom. The van der Waals surface area contributed by atoms with E-state index < -0.39 is 0 Å². The smallest absolute Gasteiger partial charge is 0.244 e. The van der Waals surface area contributed by atoms with Crippen LogP contribution in [-0.2, 0) is 4.79 Å². The molecule has 1 saturated heterocycles. The van der Waals surface area contributed by atoms with Crippen molar-refractivity contribution in [1.82, 2.24) is 10.3 Å². The number of piperidine rings is 1. The molecule has 3 heterocycles. The van der Waals surface area contributed by atoms with Gasteiger partial charge in [-0.15, -0.1) is 11.3 Å². The Bertz CT molecular complexity index is 771. The lowest BCUT2D eigenvalue weighted by Crippen LogP contribution is -2.39. The van der Waals surface area contributed by atoms with Gasteiger partial charge in [0.2, 0.25) is 5.91 Å². The van der Waals surface area contributed by atoms with Crippen LogP contribution in [-0.4, -0.2) is 30.5 Å². The molecule has 0 saturated carbocycles. The Labute approximate surface area is 151 Å². The Morgan fingerprint density at radius 2 is 2.24 bits per heavy atom. The number of carbonyl (C=O) groups is 1. The summed E-state index contributed by atoms with van der Waals surface area (Å²) in [5.74, 6) is 1.18. The highest BCUT2D eigenvalue weighted by atomic mass is 32.1. The molecule has 6 heteroatoms. The summed E-state index contributed by atoms with van der Waals surface area (Å²) in [4.78, 5) is 19.5. The molecular formula is C19H20N4OS. The van der Waals surface area contributed by atoms with E-state index in [1.807, 2.05) is 23.6 Å². The van der Waals surface area contributed by atoms with E-state index in [1.54, 1.807) is 35.7 Å². The molecule has 0 aromatic carbocycles. The van der Waals surface area contributed by atoms with Crippen LogP contribution in [0.25, 0.3) is 6.08 Å². The van der Waals surface area contributed by atoms with Crippen LogP contribution in [0.4, 0.5) is 5.82 Å². The number of pyridine rings is 1. The number of rotatable bonds is 5. The van der Waals surface area contributed by atoms with Crippen LogP contribution in [0.15, 0.2) is 41.9 Å². The number of carbonyl (C=O) groups excluding carboxylic acids is 1. The summed E-state index contributed by atoms with van der Waals surface area (Å²) in [6, 6.07) is 9.74. The maximum atomic E-state index is 11.9. The Morgan fingerprint density at radius 3 is 2.96 bits per heavy atom. The third-order valence-corrected chi connectivity index (χ3v) is 5.17. The van der Waals surface area contributed by atoms with Gasteiger partial charge in [-0.05, 0) is 48.4 Å². The molecule has 0 atom stereocenters. The monoisotopic (exact) mass is 352 g/mol. The lowest BCUT2D eigenvalue weighted by atomic mass is 9.96. The van der Waals surface area contributed by atoms with Crippen molar-refractivity contribution in [2.75, 3.05) is 24.5 Å². The normalized spacial score (nSPS) is 15.2. The SMILES string of the molecule is N#Cc1cccnc1N1CCC(CNC(=O)/C=C/c2cccs2)CC1. The van der Waals surface area contributed by atoms with Crippen molar-refractivity contribution >= 4 is 29.1 Å². The number of amides is 1. The van der Waals surface area contributed by atoms with Crippen LogP contribution < -0.4 is 10.2 Å². The summed E-state index contributed by atoms with van der Waals surface area (Å²) in [6.07, 6.45) is 7.12. The third kappa shape index (κ3) is 4.68. The highest BCUT2D eigenvalue weighted by Gasteiger charge is 2.22. The highest BCUT2D eigenvalue weighted by molar-refractivity contribution is 7.10. The Hall–Kier alpha value is -2.65. The minimum atomic E-state index is -0.0488. The number of hydrogen-bond donors (Lipinski definition) is 1. The van der Waals surface area contributed by atoms with E-state index in [2.05, 4.69) is 21.3 Å². The van der Waals surface area contributed by atoms with Crippen LogP contribution in [0, 0.1) is 17.2 Å². The number of nitriles is 1. The standard InChI is InChI=1S/C19H20N4OS/c20-13-16-3-1-9-21-19(16)23-10-7-15(8-11-23)14-22-18(24)6-5-17-4-2-12-25-17/h1-6,9,12,15H,7-8,10-11,14H2,(H,22,24)/b6-5+. The van der Waals surface area contributed by atoms with Gasteiger partial charge in [0.15, 0.2) is 0 Å². The molecule has 2 aromatic heterocycles. The zero-order valence-corrected chi connectivity index (χ0v) is 14.7. The number of thiophene rings is 1. The minimum absolute atomic E-state index is 0.0488. The third-order valence-electron chi connectivity index (χ3n) is 4.33. The molecule has 1 aliphatic rings. The van der Waals surface area contributed by atoms with Crippen LogP contribution in [0.1, 0.15) is 23.3 Å². The van der Waals surface area contributed by atoms with Crippen molar-refractivity contribution in [2.24, 2.45) is 5.92 Å². The molecule has 0 aliphatic carbocycles. The number of nitrogens with zero attached hydrogens (tertiary/aromatic N) is 3. The summed E-state index contributed by atoms with van der Waals surface area (Å²) in [5, 5.41) is 14.2. The topological polar surface area (TPSA) is 69.0 Å². The Balaban J connectivity index is 1.45. The van der Waals surface area contributed by atoms with E-state index in [9.17, 15) is 10.1 Å². The van der Waals surface area contributed by atoms with Gasteiger partial charge in [-0.2, -0.15) is 5.26 Å². The van der Waals surface area contributed by atoms with Crippen LogP contribution in [0.5, 0.6) is 0 Å². The predicted octanol–water partition coefficient (Wildman–Crippen LogP) is 3.06. The van der Waals surface area contributed by atoms with E-state index in [-0.39, 0.29) is 5.91 Å². The molecule has 0 radical (unpaired) electrons. The molecular weight excluding hydrogens is 332 g/mol. The molecule has 0 unspecified atom stereocenters. The predicted molar refractivity (Wildman–Crippen MR) is 100 cm³/mol. The summed E-state index contributed by atoms with van der Waals surface area (Å²) in [6.45, 7) is 2.41. The number of hydrogen-bond acceptors (Lipinski definition) is 5. The van der Waals surface area contributed by atoms with Crippen molar-refractivity contribution in [2.45, 2.75) is 12.8 Å². The number of nitrogens with one attached hydrogen (secondary N) is 1. The van der Waals surface area contributed by atoms with Gasteiger partial charge in [0.25, 0.3) is 0 Å². The second-order valence-corrected chi connectivity index (χ2v) is 6.99. The molecule has 5 nitrogen and oxygen atoms in total. The quantitative estimate of drug-likeness (QED) is 0.840. The average Bonchev–Trinajstić information content (AvgIpc) is 3.19. The van der Waals surface area contributed by atoms with Gasteiger partial charge >= 0.3 is 0 Å². The molecule has 0 bridgehead atoms. The number of anilines is 1. The van der Waals surface area contributed by atoms with Crippen LogP contribution in [0.2, 0.25) is 0 Å². The molecule has 2 aromatic rings. The van der Waals surface area contributed by atoms with Crippen LogP contribution >= 0.6 is 11.3 Å². The maximum Gasteiger partial charge on any atom is 0.244 e. The first kappa shape index (κ1) is 17.2. The van der Waals surface area contributed by atoms with Gasteiger partial charge in [-0.3, -0.25) is 4.79 Å². The van der Waals surface area contributed by atoms with Gasteiger partial charge in [0.1, 0.15) is 11.9 Å². The zero-order chi connectivity index (χ0) is 17.5. The van der Waals surface area contributed by atoms with E-state index in [4.69, 9.17) is 0 Å². The summed E-state index contributed by atoms with van der Waals surface area (Å²) >= 11 is 1.61. The fourth-order valence-corrected chi connectivity index (χ4v) is 3.55. The van der Waals surface area contributed by atoms with E-state index in [0.717, 1.165) is 36.6 Å². The highest BCUT2D eigenvalue weighted by Crippen LogP contribution is 2.23. The molecule has 1 amide bonds. The molecule has 1 N–H and O–H groups in total. The van der Waals surface area contributed by atoms with Crippen LogP contribution in [0.3, 0.4) is 0 Å². The van der Waals surface area contributed by atoms with Gasteiger partial charge in [0.05, 0.1) is 5.56 Å². The first-order valence-electron chi connectivity index (χ1n) is 8.36. The molecule has 128 valence electrons. The fourth-order valence-electron chi connectivity index (χ4n) is 2.93. The molecule has 1 aliphatic heterocycles. The maximum absolute atomic E-state index is 11.9. The van der Waals surface area contributed by atoms with Crippen molar-refractivity contribution < 1.29 is 4.79 Å². The number of aromatic nitrogens is 1.